The number of nitro groups is 1. The lowest BCUT2D eigenvalue weighted by Crippen LogP contribution is -2.43. The molecule has 0 aromatic heterocycles. The van der Waals surface area contributed by atoms with E-state index >= 15 is 0 Å². The third-order valence-corrected chi connectivity index (χ3v) is 4.96. The molecule has 0 N–H and O–H groups in total. The van der Waals surface area contributed by atoms with Crippen LogP contribution >= 0.6 is 0 Å². The first-order valence-electron chi connectivity index (χ1n) is 8.93. The molecule has 1 aliphatic carbocycles. The summed E-state index contributed by atoms with van der Waals surface area (Å²) < 4.78 is 0. The Kier molecular flexibility index (Phi) is 4.38. The normalized spacial score (nSPS) is 15.5. The molecule has 1 fully saturated rings. The molecule has 0 radical (unpaired) electrons. The van der Waals surface area contributed by atoms with E-state index < -0.39 is 16.7 Å². The largest absolute Gasteiger partial charge is 0.334 e. The quantitative estimate of drug-likeness (QED) is 0.436. The minimum absolute atomic E-state index is 0.0342. The van der Waals surface area contributed by atoms with Crippen molar-refractivity contribution in [3.05, 3.63) is 75.3 Å². The maximum Gasteiger partial charge on any atom is 0.270 e. The van der Waals surface area contributed by atoms with Gasteiger partial charge in [0.05, 0.1) is 16.1 Å². The van der Waals surface area contributed by atoms with E-state index in [-0.39, 0.29) is 35.3 Å². The molecule has 8 nitrogen and oxygen atoms in total. The predicted octanol–water partition coefficient (Wildman–Crippen LogP) is 2.38. The summed E-state index contributed by atoms with van der Waals surface area (Å²) >= 11 is 0. The summed E-state index contributed by atoms with van der Waals surface area (Å²) in [7, 11) is 0. The van der Waals surface area contributed by atoms with Crippen LogP contribution in [0.3, 0.4) is 0 Å². The van der Waals surface area contributed by atoms with Gasteiger partial charge < -0.3 is 4.90 Å². The molecule has 4 rings (SSSR count). The van der Waals surface area contributed by atoms with Crippen LogP contribution in [0.25, 0.3) is 0 Å². The minimum atomic E-state index is -0.674. The van der Waals surface area contributed by atoms with Crippen LogP contribution in [0.2, 0.25) is 0 Å². The van der Waals surface area contributed by atoms with Crippen molar-refractivity contribution in [1.29, 1.82) is 0 Å². The second-order valence-corrected chi connectivity index (χ2v) is 6.92. The number of fused-ring (bicyclic) bond motifs is 1. The first-order chi connectivity index (χ1) is 13.5. The Morgan fingerprint density at radius 3 is 2.39 bits per heavy atom. The predicted molar refractivity (Wildman–Crippen MR) is 98.5 cm³/mol. The van der Waals surface area contributed by atoms with Crippen LogP contribution in [0.5, 0.6) is 0 Å². The number of rotatable bonds is 6. The van der Waals surface area contributed by atoms with Gasteiger partial charge in [-0.05, 0) is 24.5 Å². The maximum atomic E-state index is 12.9. The van der Waals surface area contributed by atoms with Crippen molar-refractivity contribution in [1.82, 2.24) is 9.80 Å². The Hall–Kier alpha value is -3.55. The van der Waals surface area contributed by atoms with Gasteiger partial charge in [0.2, 0.25) is 5.91 Å². The summed E-state index contributed by atoms with van der Waals surface area (Å²) in [6, 6.07) is 13.2. The molecular weight excluding hydrogens is 362 g/mol. The second-order valence-electron chi connectivity index (χ2n) is 6.92. The fraction of sp³-hybridized carbons (Fsp3) is 0.250. The Balaban J connectivity index is 1.53. The van der Waals surface area contributed by atoms with E-state index in [0.717, 1.165) is 29.4 Å². The van der Waals surface area contributed by atoms with Crippen LogP contribution in [0.4, 0.5) is 5.69 Å². The summed E-state index contributed by atoms with van der Waals surface area (Å²) in [5.74, 6) is -1.58. The third-order valence-electron chi connectivity index (χ3n) is 4.96. The van der Waals surface area contributed by atoms with Gasteiger partial charge in [0, 0.05) is 24.7 Å². The summed E-state index contributed by atoms with van der Waals surface area (Å²) in [4.78, 5) is 50.9. The molecule has 1 saturated carbocycles. The Morgan fingerprint density at radius 1 is 1.07 bits per heavy atom. The molecule has 1 aliphatic heterocycles. The van der Waals surface area contributed by atoms with E-state index in [0.29, 0.717) is 6.54 Å². The smallest absolute Gasteiger partial charge is 0.270 e. The van der Waals surface area contributed by atoms with Crippen molar-refractivity contribution in [3.8, 4) is 0 Å². The first kappa shape index (κ1) is 17.8. The molecule has 28 heavy (non-hydrogen) atoms. The van der Waals surface area contributed by atoms with Gasteiger partial charge in [0.15, 0.2) is 0 Å². The average Bonchev–Trinajstić information content (AvgIpc) is 3.51. The standard InChI is InChI=1S/C20H17N3O5/c24-18(21(14-6-7-14)11-13-4-2-1-3-5-13)12-22-19(25)16-9-8-15(23(27)28)10-17(16)20(22)26/h1-5,8-10,14H,6-7,11-12H2. The number of imide groups is 1. The van der Waals surface area contributed by atoms with E-state index in [1.807, 2.05) is 30.3 Å². The molecule has 8 heteroatoms. The Labute approximate surface area is 160 Å². The van der Waals surface area contributed by atoms with Crippen molar-refractivity contribution in [2.24, 2.45) is 0 Å². The number of hydrogen-bond acceptors (Lipinski definition) is 5. The number of carbonyl (C=O) groups excluding carboxylic acids is 3. The zero-order chi connectivity index (χ0) is 19.8. The third kappa shape index (κ3) is 3.24. The molecule has 0 spiro atoms. The highest BCUT2D eigenvalue weighted by Crippen LogP contribution is 2.30. The molecule has 0 bridgehead atoms. The minimum Gasteiger partial charge on any atom is -0.334 e. The average molecular weight is 379 g/mol. The van der Waals surface area contributed by atoms with Crippen LogP contribution in [0.15, 0.2) is 48.5 Å². The van der Waals surface area contributed by atoms with Crippen molar-refractivity contribution in [3.63, 3.8) is 0 Å². The number of benzene rings is 2. The highest BCUT2D eigenvalue weighted by atomic mass is 16.6. The molecule has 3 amide bonds. The van der Waals surface area contributed by atoms with E-state index in [1.165, 1.54) is 12.1 Å². The van der Waals surface area contributed by atoms with Crippen LogP contribution in [-0.4, -0.2) is 45.0 Å². The molecular formula is C20H17N3O5. The fourth-order valence-corrected chi connectivity index (χ4v) is 3.35. The van der Waals surface area contributed by atoms with Crippen LogP contribution in [0, 0.1) is 10.1 Å². The zero-order valence-corrected chi connectivity index (χ0v) is 14.9. The van der Waals surface area contributed by atoms with Crippen molar-refractivity contribution >= 4 is 23.4 Å². The monoisotopic (exact) mass is 379 g/mol. The van der Waals surface area contributed by atoms with Crippen LogP contribution in [0.1, 0.15) is 39.1 Å². The number of nitro benzene ring substituents is 1. The lowest BCUT2D eigenvalue weighted by molar-refractivity contribution is -0.384. The Morgan fingerprint density at radius 2 is 1.75 bits per heavy atom. The highest BCUT2D eigenvalue weighted by Gasteiger charge is 2.40. The van der Waals surface area contributed by atoms with Gasteiger partial charge in [-0.2, -0.15) is 0 Å². The summed E-state index contributed by atoms with van der Waals surface area (Å²) in [5, 5.41) is 10.9. The highest BCUT2D eigenvalue weighted by molar-refractivity contribution is 6.22. The molecule has 142 valence electrons. The van der Waals surface area contributed by atoms with Crippen molar-refractivity contribution < 1.29 is 19.3 Å². The maximum absolute atomic E-state index is 12.9. The van der Waals surface area contributed by atoms with Crippen molar-refractivity contribution in [2.45, 2.75) is 25.4 Å². The lowest BCUT2D eigenvalue weighted by atomic mass is 10.1. The molecule has 2 aromatic carbocycles. The zero-order valence-electron chi connectivity index (χ0n) is 14.9. The number of nitrogens with zero attached hydrogens (tertiary/aromatic N) is 3. The van der Waals surface area contributed by atoms with Gasteiger partial charge in [-0.3, -0.25) is 29.4 Å². The van der Waals surface area contributed by atoms with Gasteiger partial charge >= 0.3 is 0 Å². The molecule has 2 aromatic rings. The number of non-ortho nitro benzene ring substituents is 1. The van der Waals surface area contributed by atoms with Crippen molar-refractivity contribution in [2.75, 3.05) is 6.54 Å². The molecule has 1 heterocycles. The molecule has 2 aliphatic rings. The topological polar surface area (TPSA) is 101 Å². The summed E-state index contributed by atoms with van der Waals surface area (Å²) in [6.45, 7) is 0.0441. The number of amides is 3. The number of carbonyl (C=O) groups is 3. The molecule has 0 unspecified atom stereocenters. The molecule has 0 saturated heterocycles. The summed E-state index contributed by atoms with van der Waals surface area (Å²) in [6.07, 6.45) is 1.79. The first-order valence-corrected chi connectivity index (χ1v) is 8.93. The van der Waals surface area contributed by atoms with E-state index in [9.17, 15) is 24.5 Å². The van der Waals surface area contributed by atoms with E-state index in [4.69, 9.17) is 0 Å². The van der Waals surface area contributed by atoms with E-state index in [2.05, 4.69) is 0 Å². The Bertz CT molecular complexity index is 985. The van der Waals surface area contributed by atoms with Gasteiger partial charge in [0.1, 0.15) is 6.54 Å². The van der Waals surface area contributed by atoms with Gasteiger partial charge in [-0.15, -0.1) is 0 Å². The van der Waals surface area contributed by atoms with Crippen LogP contribution in [-0.2, 0) is 11.3 Å². The van der Waals surface area contributed by atoms with E-state index in [1.54, 1.807) is 4.90 Å². The van der Waals surface area contributed by atoms with Gasteiger partial charge in [-0.1, -0.05) is 30.3 Å². The fourth-order valence-electron chi connectivity index (χ4n) is 3.35. The summed E-state index contributed by atoms with van der Waals surface area (Å²) in [5.41, 5.74) is 0.759. The molecule has 0 atom stereocenters. The van der Waals surface area contributed by atoms with Gasteiger partial charge in [-0.25, -0.2) is 0 Å². The lowest BCUT2D eigenvalue weighted by Gasteiger charge is -2.25. The van der Waals surface area contributed by atoms with Gasteiger partial charge in [0.25, 0.3) is 17.5 Å². The number of hydrogen-bond donors (Lipinski definition) is 0. The SMILES string of the molecule is O=C1c2ccc([N+](=O)[O-])cc2C(=O)N1CC(=O)N(Cc1ccccc1)C1CC1. The second kappa shape index (κ2) is 6.88. The van der Waals surface area contributed by atoms with Crippen LogP contribution < -0.4 is 0 Å².